The summed E-state index contributed by atoms with van der Waals surface area (Å²) in [4.78, 5) is 7.06. The molecule has 0 aromatic rings. The topological polar surface area (TPSA) is 70.4 Å². The third-order valence-corrected chi connectivity index (χ3v) is 0.747. The molecule has 0 radical (unpaired) electrons. The van der Waals surface area contributed by atoms with Crippen molar-refractivity contribution in [1.82, 2.24) is 0 Å². The van der Waals surface area contributed by atoms with Crippen LogP contribution >= 0.6 is 0 Å². The van der Waals surface area contributed by atoms with Gasteiger partial charge in [0.1, 0.15) is 12.4 Å². The molecular weight excluding hydrogens is 108 g/mol. The van der Waals surface area contributed by atoms with Crippen molar-refractivity contribution in [3.63, 3.8) is 0 Å². The lowest BCUT2D eigenvalue weighted by molar-refractivity contribution is 0.173. The highest BCUT2D eigenvalue weighted by Crippen LogP contribution is 1.99. The van der Waals surface area contributed by atoms with Gasteiger partial charge in [-0.2, -0.15) is 0 Å². The summed E-state index contributed by atoms with van der Waals surface area (Å²) >= 11 is 0. The van der Waals surface area contributed by atoms with Crippen LogP contribution in [0, 0.1) is 0 Å². The van der Waals surface area contributed by atoms with Crippen LogP contribution < -0.4 is 0 Å². The second-order valence-corrected chi connectivity index (χ2v) is 1.28. The van der Waals surface area contributed by atoms with Gasteiger partial charge < -0.3 is 4.84 Å². The highest BCUT2D eigenvalue weighted by molar-refractivity contribution is 5.83. The average molecular weight is 112 g/mol. The van der Waals surface area contributed by atoms with Crippen LogP contribution in [0.2, 0.25) is 0 Å². The van der Waals surface area contributed by atoms with Crippen LogP contribution in [0.15, 0.2) is 10.3 Å². The summed E-state index contributed by atoms with van der Waals surface area (Å²) in [5.41, 5.74) is 7.85. The highest BCUT2D eigenvalue weighted by Gasteiger charge is 2.03. The van der Waals surface area contributed by atoms with Gasteiger partial charge in [0, 0.05) is 11.3 Å². The Balaban J connectivity index is 2.57. The van der Waals surface area contributed by atoms with E-state index in [1.54, 1.807) is 0 Å². The molecule has 1 aliphatic rings. The SMILES string of the molecule is [N-]=[N+]=NC1=NOCC1. The van der Waals surface area contributed by atoms with Crippen molar-refractivity contribution in [3.05, 3.63) is 10.4 Å². The van der Waals surface area contributed by atoms with Crippen LogP contribution in [0.5, 0.6) is 0 Å². The normalized spacial score (nSPS) is 16.2. The van der Waals surface area contributed by atoms with Crippen molar-refractivity contribution < 1.29 is 4.84 Å². The van der Waals surface area contributed by atoms with Crippen molar-refractivity contribution in [1.29, 1.82) is 0 Å². The van der Waals surface area contributed by atoms with Gasteiger partial charge in [-0.05, 0) is 10.6 Å². The molecule has 1 rings (SSSR count). The Hall–Kier alpha value is -1.22. The van der Waals surface area contributed by atoms with E-state index in [0.717, 1.165) is 0 Å². The zero-order chi connectivity index (χ0) is 5.82. The summed E-state index contributed by atoms with van der Waals surface area (Å²) in [7, 11) is 0. The van der Waals surface area contributed by atoms with Gasteiger partial charge in [-0.3, -0.25) is 0 Å². The molecule has 0 N–H and O–H groups in total. The van der Waals surface area contributed by atoms with Crippen molar-refractivity contribution in [2.24, 2.45) is 10.3 Å². The molecule has 0 aliphatic carbocycles. The van der Waals surface area contributed by atoms with Crippen molar-refractivity contribution in [2.75, 3.05) is 6.61 Å². The fraction of sp³-hybridized carbons (Fsp3) is 0.667. The average Bonchev–Trinajstić information content (AvgIpc) is 2.19. The summed E-state index contributed by atoms with van der Waals surface area (Å²) in [5.74, 6) is 0.438. The Morgan fingerprint density at radius 1 is 1.88 bits per heavy atom. The first-order valence-electron chi connectivity index (χ1n) is 2.17. The molecule has 0 saturated heterocycles. The van der Waals surface area contributed by atoms with Crippen molar-refractivity contribution in [2.45, 2.75) is 6.42 Å². The van der Waals surface area contributed by atoms with Crippen molar-refractivity contribution in [3.8, 4) is 0 Å². The number of nitrogens with zero attached hydrogens (tertiary/aromatic N) is 4. The molecule has 0 fully saturated rings. The van der Waals surface area contributed by atoms with Crippen LogP contribution in [0.3, 0.4) is 0 Å². The van der Waals surface area contributed by atoms with Gasteiger partial charge in [-0.15, -0.1) is 0 Å². The Morgan fingerprint density at radius 2 is 2.75 bits per heavy atom. The lowest BCUT2D eigenvalue weighted by atomic mass is 10.4. The number of hydrogen-bond donors (Lipinski definition) is 0. The van der Waals surface area contributed by atoms with Gasteiger partial charge in [-0.1, -0.05) is 5.16 Å². The molecule has 0 unspecified atom stereocenters. The number of hydrogen-bond acceptors (Lipinski definition) is 3. The summed E-state index contributed by atoms with van der Waals surface area (Å²) in [6.45, 7) is 0.536. The second kappa shape index (κ2) is 2.18. The largest absolute Gasteiger partial charge is 0.395 e. The molecule has 0 aromatic heterocycles. The molecule has 1 aliphatic heterocycles. The molecule has 0 atom stereocenters. The number of oxime groups is 1. The molecule has 0 saturated carbocycles. The lowest BCUT2D eigenvalue weighted by Crippen LogP contribution is -1.84. The minimum atomic E-state index is 0.438. The number of azide groups is 1. The van der Waals surface area contributed by atoms with Crippen LogP contribution in [-0.2, 0) is 4.84 Å². The fourth-order valence-corrected chi connectivity index (χ4v) is 0.423. The van der Waals surface area contributed by atoms with E-state index < -0.39 is 0 Å². The molecule has 0 bridgehead atoms. The van der Waals surface area contributed by atoms with E-state index in [-0.39, 0.29) is 0 Å². The standard InChI is InChI=1S/C3H4N4O/c4-7-5-3-1-2-8-6-3/h1-2H2. The Morgan fingerprint density at radius 3 is 3.25 bits per heavy atom. The number of amidine groups is 1. The molecule has 1 heterocycles. The Bertz CT molecular complexity index is 157. The molecule has 0 spiro atoms. The smallest absolute Gasteiger partial charge is 0.146 e. The van der Waals surface area contributed by atoms with E-state index >= 15 is 0 Å². The monoisotopic (exact) mass is 112 g/mol. The summed E-state index contributed by atoms with van der Waals surface area (Å²) < 4.78 is 0. The molecule has 42 valence electrons. The molecule has 8 heavy (non-hydrogen) atoms. The molecule has 5 heteroatoms. The Labute approximate surface area is 45.6 Å². The van der Waals surface area contributed by atoms with Gasteiger partial charge in [0.25, 0.3) is 0 Å². The predicted molar refractivity (Wildman–Crippen MR) is 27.1 cm³/mol. The maximum Gasteiger partial charge on any atom is 0.146 e. The summed E-state index contributed by atoms with van der Waals surface area (Å²) in [6.07, 6.45) is 0.629. The van der Waals surface area contributed by atoms with E-state index in [0.29, 0.717) is 18.9 Å². The maximum atomic E-state index is 7.85. The minimum Gasteiger partial charge on any atom is -0.395 e. The first-order chi connectivity index (χ1) is 3.93. The third-order valence-electron chi connectivity index (χ3n) is 0.747. The second-order valence-electron chi connectivity index (χ2n) is 1.28. The van der Waals surface area contributed by atoms with Crippen LogP contribution in [0.25, 0.3) is 10.4 Å². The van der Waals surface area contributed by atoms with Crippen LogP contribution in [-0.4, -0.2) is 12.4 Å². The maximum absolute atomic E-state index is 7.85. The molecule has 0 amide bonds. The first kappa shape index (κ1) is 4.93. The predicted octanol–water partition coefficient (Wildman–Crippen LogP) is 1.03. The highest BCUT2D eigenvalue weighted by atomic mass is 16.6. The quantitative estimate of drug-likeness (QED) is 0.262. The summed E-state index contributed by atoms with van der Waals surface area (Å²) in [5, 5.41) is 6.65. The van der Waals surface area contributed by atoms with Gasteiger partial charge in [0.05, 0.1) is 0 Å². The van der Waals surface area contributed by atoms with Gasteiger partial charge in [0.15, 0.2) is 0 Å². The van der Waals surface area contributed by atoms with E-state index in [1.807, 2.05) is 0 Å². The van der Waals surface area contributed by atoms with E-state index in [1.165, 1.54) is 0 Å². The fourth-order valence-electron chi connectivity index (χ4n) is 0.423. The van der Waals surface area contributed by atoms with Gasteiger partial charge >= 0.3 is 0 Å². The molecule has 0 aromatic carbocycles. The minimum absolute atomic E-state index is 0.438. The van der Waals surface area contributed by atoms with E-state index in [2.05, 4.69) is 20.0 Å². The van der Waals surface area contributed by atoms with E-state index in [4.69, 9.17) is 5.53 Å². The third kappa shape index (κ3) is 0.886. The number of rotatable bonds is 0. The van der Waals surface area contributed by atoms with Crippen LogP contribution in [0.4, 0.5) is 0 Å². The first-order valence-corrected chi connectivity index (χ1v) is 2.17. The molecule has 5 nitrogen and oxygen atoms in total. The van der Waals surface area contributed by atoms with E-state index in [9.17, 15) is 0 Å². The lowest BCUT2D eigenvalue weighted by Gasteiger charge is -1.75. The van der Waals surface area contributed by atoms with Crippen LogP contribution in [0.1, 0.15) is 6.42 Å². The Kier molecular flexibility index (Phi) is 1.34. The zero-order valence-corrected chi connectivity index (χ0v) is 4.11. The van der Waals surface area contributed by atoms with Crippen molar-refractivity contribution >= 4 is 5.84 Å². The summed E-state index contributed by atoms with van der Waals surface area (Å²) in [6, 6.07) is 0. The van der Waals surface area contributed by atoms with Gasteiger partial charge in [0.2, 0.25) is 0 Å². The van der Waals surface area contributed by atoms with Gasteiger partial charge in [-0.25, -0.2) is 0 Å². The molecular formula is C3H4N4O. The zero-order valence-electron chi connectivity index (χ0n) is 4.11.